The summed E-state index contributed by atoms with van der Waals surface area (Å²) >= 11 is 17.8. The first kappa shape index (κ1) is 20.3. The quantitative estimate of drug-likeness (QED) is 0.711. The molecule has 1 N–H and O–H groups in total. The first-order valence-electron chi connectivity index (χ1n) is 8.89. The minimum Gasteiger partial charge on any atom is -0.490 e. The van der Waals surface area contributed by atoms with Gasteiger partial charge in [0.2, 0.25) is 0 Å². The van der Waals surface area contributed by atoms with Gasteiger partial charge in [0.05, 0.1) is 10.0 Å². The maximum absolute atomic E-state index is 12.1. The molecule has 0 bridgehead atoms. The molecule has 1 aliphatic heterocycles. The molecule has 0 unspecified atom stereocenters. The number of likely N-dealkylation sites (tertiary alicyclic amines) is 1. The van der Waals surface area contributed by atoms with E-state index in [-0.39, 0.29) is 12.0 Å². The highest BCUT2D eigenvalue weighted by Crippen LogP contribution is 2.28. The number of ether oxygens (including phenoxy) is 1. The summed E-state index contributed by atoms with van der Waals surface area (Å²) in [5, 5.41) is 4.60. The molecule has 0 saturated carbocycles. The van der Waals surface area contributed by atoms with Crippen LogP contribution in [0.3, 0.4) is 0 Å². The Bertz CT molecular complexity index is 775. The molecule has 0 atom stereocenters. The van der Waals surface area contributed by atoms with Crippen LogP contribution in [0.5, 0.6) is 5.75 Å². The van der Waals surface area contributed by atoms with Crippen LogP contribution < -0.4 is 10.1 Å². The van der Waals surface area contributed by atoms with Crippen LogP contribution >= 0.6 is 34.8 Å². The summed E-state index contributed by atoms with van der Waals surface area (Å²) in [6.07, 6.45) is 2.04. The SMILES string of the molecule is O=C(NCCN1CCC(Oc2ccc(Cl)c(Cl)c2)CC1)c1ccc(Cl)cc1. The summed E-state index contributed by atoms with van der Waals surface area (Å²) in [6.45, 7) is 3.30. The van der Waals surface area contributed by atoms with Crippen molar-refractivity contribution in [3.63, 3.8) is 0 Å². The van der Waals surface area contributed by atoms with Crippen LogP contribution in [0.1, 0.15) is 23.2 Å². The Balaban J connectivity index is 1.37. The van der Waals surface area contributed by atoms with E-state index in [1.165, 1.54) is 0 Å². The molecule has 0 radical (unpaired) electrons. The number of nitrogens with one attached hydrogen (secondary N) is 1. The van der Waals surface area contributed by atoms with E-state index in [0.29, 0.717) is 27.2 Å². The Kier molecular flexibility index (Phi) is 7.25. The fraction of sp³-hybridized carbons (Fsp3) is 0.350. The van der Waals surface area contributed by atoms with Crippen LogP contribution in [-0.2, 0) is 0 Å². The van der Waals surface area contributed by atoms with Crippen molar-refractivity contribution in [2.24, 2.45) is 0 Å². The lowest BCUT2D eigenvalue weighted by atomic mass is 10.1. The molecule has 0 aromatic heterocycles. The van der Waals surface area contributed by atoms with Gasteiger partial charge in [-0.25, -0.2) is 0 Å². The summed E-state index contributed by atoms with van der Waals surface area (Å²) in [6, 6.07) is 12.2. The molecule has 144 valence electrons. The normalized spacial score (nSPS) is 15.5. The van der Waals surface area contributed by atoms with E-state index in [0.717, 1.165) is 38.2 Å². The Labute approximate surface area is 174 Å². The van der Waals surface area contributed by atoms with Gasteiger partial charge in [-0.2, -0.15) is 0 Å². The molecule has 2 aromatic rings. The fourth-order valence-electron chi connectivity index (χ4n) is 3.02. The van der Waals surface area contributed by atoms with E-state index >= 15 is 0 Å². The molecule has 2 aromatic carbocycles. The molecule has 4 nitrogen and oxygen atoms in total. The average molecular weight is 428 g/mol. The zero-order valence-electron chi connectivity index (χ0n) is 14.8. The molecule has 1 amide bonds. The molecule has 0 aliphatic carbocycles. The van der Waals surface area contributed by atoms with E-state index in [9.17, 15) is 4.79 Å². The summed E-state index contributed by atoms with van der Waals surface area (Å²) in [5.74, 6) is 0.669. The summed E-state index contributed by atoms with van der Waals surface area (Å²) in [5.41, 5.74) is 0.619. The molecule has 27 heavy (non-hydrogen) atoms. The zero-order chi connectivity index (χ0) is 19.2. The van der Waals surface area contributed by atoms with Gasteiger partial charge < -0.3 is 15.0 Å². The third-order valence-electron chi connectivity index (χ3n) is 4.55. The van der Waals surface area contributed by atoms with Crippen LogP contribution in [0.15, 0.2) is 42.5 Å². The van der Waals surface area contributed by atoms with E-state index in [4.69, 9.17) is 39.5 Å². The summed E-state index contributed by atoms with van der Waals surface area (Å²) in [4.78, 5) is 14.4. The number of hydrogen-bond acceptors (Lipinski definition) is 3. The van der Waals surface area contributed by atoms with Gasteiger partial charge in [-0.15, -0.1) is 0 Å². The number of amides is 1. The van der Waals surface area contributed by atoms with Crippen molar-refractivity contribution >= 4 is 40.7 Å². The first-order chi connectivity index (χ1) is 13.0. The average Bonchev–Trinajstić information content (AvgIpc) is 2.66. The Morgan fingerprint density at radius 1 is 1.04 bits per heavy atom. The highest BCUT2D eigenvalue weighted by Gasteiger charge is 2.20. The molecule has 1 heterocycles. The first-order valence-corrected chi connectivity index (χ1v) is 10.0. The number of nitrogens with zero attached hydrogens (tertiary/aromatic N) is 1. The minimum atomic E-state index is -0.0792. The van der Waals surface area contributed by atoms with Crippen molar-refractivity contribution in [1.82, 2.24) is 10.2 Å². The number of rotatable bonds is 6. The van der Waals surface area contributed by atoms with E-state index < -0.39 is 0 Å². The van der Waals surface area contributed by atoms with Crippen molar-refractivity contribution in [1.29, 1.82) is 0 Å². The van der Waals surface area contributed by atoms with Crippen LogP contribution in [0.25, 0.3) is 0 Å². The van der Waals surface area contributed by atoms with E-state index in [2.05, 4.69) is 10.2 Å². The van der Waals surface area contributed by atoms with Crippen LogP contribution in [0, 0.1) is 0 Å². The fourth-order valence-corrected chi connectivity index (χ4v) is 3.44. The number of halogens is 3. The topological polar surface area (TPSA) is 41.6 Å². The molecule has 1 aliphatic rings. The lowest BCUT2D eigenvalue weighted by molar-refractivity contribution is 0.0905. The number of carbonyl (C=O) groups excluding carboxylic acids is 1. The van der Waals surface area contributed by atoms with Crippen molar-refractivity contribution in [3.05, 3.63) is 63.1 Å². The Morgan fingerprint density at radius 3 is 2.41 bits per heavy atom. The highest BCUT2D eigenvalue weighted by atomic mass is 35.5. The third-order valence-corrected chi connectivity index (χ3v) is 5.54. The maximum atomic E-state index is 12.1. The minimum absolute atomic E-state index is 0.0792. The van der Waals surface area contributed by atoms with Gasteiger partial charge in [0, 0.05) is 42.8 Å². The van der Waals surface area contributed by atoms with Crippen LogP contribution in [0.2, 0.25) is 15.1 Å². The predicted molar refractivity (Wildman–Crippen MR) is 110 cm³/mol. The zero-order valence-corrected chi connectivity index (χ0v) is 17.0. The Morgan fingerprint density at radius 2 is 1.74 bits per heavy atom. The van der Waals surface area contributed by atoms with Gasteiger partial charge in [-0.3, -0.25) is 4.79 Å². The second kappa shape index (κ2) is 9.65. The van der Waals surface area contributed by atoms with Crippen LogP contribution in [0.4, 0.5) is 0 Å². The van der Waals surface area contributed by atoms with Gasteiger partial charge in [0.15, 0.2) is 0 Å². The molecule has 1 saturated heterocycles. The highest BCUT2D eigenvalue weighted by molar-refractivity contribution is 6.42. The van der Waals surface area contributed by atoms with Crippen molar-refractivity contribution in [2.45, 2.75) is 18.9 Å². The Hall–Kier alpha value is -1.46. The molecule has 1 fully saturated rings. The summed E-state index contributed by atoms with van der Waals surface area (Å²) < 4.78 is 6.00. The number of carbonyl (C=O) groups is 1. The largest absolute Gasteiger partial charge is 0.490 e. The molecular weight excluding hydrogens is 407 g/mol. The molecule has 3 rings (SSSR count). The number of hydrogen-bond donors (Lipinski definition) is 1. The maximum Gasteiger partial charge on any atom is 0.251 e. The monoisotopic (exact) mass is 426 g/mol. The molecular formula is C20H21Cl3N2O2. The molecule has 7 heteroatoms. The molecule has 0 spiro atoms. The van der Waals surface area contributed by atoms with Gasteiger partial charge in [0.1, 0.15) is 11.9 Å². The second-order valence-corrected chi connectivity index (χ2v) is 7.75. The lowest BCUT2D eigenvalue weighted by Gasteiger charge is -2.32. The van der Waals surface area contributed by atoms with E-state index in [1.54, 1.807) is 36.4 Å². The lowest BCUT2D eigenvalue weighted by Crippen LogP contribution is -2.42. The van der Waals surface area contributed by atoms with Crippen molar-refractivity contribution < 1.29 is 9.53 Å². The van der Waals surface area contributed by atoms with Gasteiger partial charge in [0.25, 0.3) is 5.91 Å². The second-order valence-electron chi connectivity index (χ2n) is 6.50. The van der Waals surface area contributed by atoms with E-state index in [1.807, 2.05) is 6.07 Å². The van der Waals surface area contributed by atoms with Gasteiger partial charge in [-0.1, -0.05) is 34.8 Å². The number of piperidine rings is 1. The number of benzene rings is 2. The standard InChI is InChI=1S/C20H21Cl3N2O2/c21-15-3-1-14(2-4-15)20(26)24-9-12-25-10-7-16(8-11-25)27-17-5-6-18(22)19(23)13-17/h1-6,13,16H,7-12H2,(H,24,26). The van der Waals surface area contributed by atoms with Crippen LogP contribution in [-0.4, -0.2) is 43.1 Å². The smallest absolute Gasteiger partial charge is 0.251 e. The van der Waals surface area contributed by atoms with Crippen molar-refractivity contribution in [3.8, 4) is 5.75 Å². The third kappa shape index (κ3) is 6.01. The van der Waals surface area contributed by atoms with Gasteiger partial charge >= 0.3 is 0 Å². The van der Waals surface area contributed by atoms with Crippen molar-refractivity contribution in [2.75, 3.05) is 26.2 Å². The summed E-state index contributed by atoms with van der Waals surface area (Å²) in [7, 11) is 0. The predicted octanol–water partition coefficient (Wildman–Crippen LogP) is 4.92. The van der Waals surface area contributed by atoms with Gasteiger partial charge in [-0.05, 0) is 49.2 Å².